The van der Waals surface area contributed by atoms with E-state index in [1.807, 2.05) is 25.1 Å². The molecule has 0 aliphatic heterocycles. The van der Waals surface area contributed by atoms with Crippen molar-refractivity contribution in [2.24, 2.45) is 0 Å². The highest BCUT2D eigenvalue weighted by molar-refractivity contribution is 5.88. The number of aryl methyl sites for hydroxylation is 1. The first-order valence-corrected chi connectivity index (χ1v) is 6.59. The zero-order chi connectivity index (χ0) is 14.7. The van der Waals surface area contributed by atoms with Gasteiger partial charge in [0.15, 0.2) is 0 Å². The summed E-state index contributed by atoms with van der Waals surface area (Å²) in [6.45, 7) is 6.10. The summed E-state index contributed by atoms with van der Waals surface area (Å²) in [7, 11) is 0. The maximum absolute atomic E-state index is 10.9. The van der Waals surface area contributed by atoms with E-state index in [2.05, 4.69) is 19.9 Å². The van der Waals surface area contributed by atoms with Crippen molar-refractivity contribution < 1.29 is 14.6 Å². The number of aromatic carboxylic acids is 1. The second-order valence-electron chi connectivity index (χ2n) is 5.11. The molecule has 1 N–H and O–H groups in total. The molecule has 0 atom stereocenters. The van der Waals surface area contributed by atoms with Gasteiger partial charge in [0.05, 0.1) is 5.56 Å². The highest BCUT2D eigenvalue weighted by atomic mass is 16.5. The summed E-state index contributed by atoms with van der Waals surface area (Å²) in [6, 6.07) is 12.8. The topological polar surface area (TPSA) is 46.5 Å². The Morgan fingerprint density at radius 2 is 1.90 bits per heavy atom. The molecule has 104 valence electrons. The summed E-state index contributed by atoms with van der Waals surface area (Å²) in [5.74, 6) is 0.953. The first-order valence-electron chi connectivity index (χ1n) is 6.59. The molecule has 20 heavy (non-hydrogen) atoms. The van der Waals surface area contributed by atoms with Crippen LogP contribution in [0.25, 0.3) is 0 Å². The lowest BCUT2D eigenvalue weighted by Crippen LogP contribution is -1.97. The minimum Gasteiger partial charge on any atom is -0.478 e. The monoisotopic (exact) mass is 270 g/mol. The molecule has 0 saturated carbocycles. The van der Waals surface area contributed by atoms with Crippen molar-refractivity contribution >= 4 is 5.97 Å². The van der Waals surface area contributed by atoms with Crippen molar-refractivity contribution in [1.82, 2.24) is 0 Å². The lowest BCUT2D eigenvalue weighted by Gasteiger charge is -2.11. The molecule has 0 aliphatic rings. The molecule has 0 heterocycles. The molecule has 0 bridgehead atoms. The maximum atomic E-state index is 10.9. The van der Waals surface area contributed by atoms with Crippen LogP contribution < -0.4 is 4.74 Å². The predicted octanol–water partition coefficient (Wildman–Crippen LogP) is 4.61. The molecule has 0 amide bonds. The fraction of sp³-hybridized carbons (Fsp3) is 0.235. The number of hydrogen-bond acceptors (Lipinski definition) is 2. The van der Waals surface area contributed by atoms with Crippen molar-refractivity contribution in [2.75, 3.05) is 0 Å². The van der Waals surface area contributed by atoms with Crippen LogP contribution >= 0.6 is 0 Å². The molecule has 0 fully saturated rings. The molecule has 0 unspecified atom stereocenters. The van der Waals surface area contributed by atoms with Crippen molar-refractivity contribution in [3.8, 4) is 11.5 Å². The van der Waals surface area contributed by atoms with Gasteiger partial charge in [0.2, 0.25) is 0 Å². The molecule has 0 spiro atoms. The Kier molecular flexibility index (Phi) is 4.08. The van der Waals surface area contributed by atoms with Crippen molar-refractivity contribution in [3.05, 3.63) is 59.2 Å². The average Bonchev–Trinajstić information content (AvgIpc) is 2.41. The minimum absolute atomic E-state index is 0.269. The highest BCUT2D eigenvalue weighted by Crippen LogP contribution is 2.28. The van der Waals surface area contributed by atoms with Gasteiger partial charge in [0.1, 0.15) is 11.5 Å². The van der Waals surface area contributed by atoms with Gasteiger partial charge in [-0.15, -0.1) is 0 Å². The number of carboxylic acids is 1. The van der Waals surface area contributed by atoms with E-state index in [0.29, 0.717) is 11.7 Å². The zero-order valence-electron chi connectivity index (χ0n) is 11.9. The van der Waals surface area contributed by atoms with Gasteiger partial charge in [-0.1, -0.05) is 26.0 Å². The van der Waals surface area contributed by atoms with Crippen LogP contribution in [0, 0.1) is 6.92 Å². The van der Waals surface area contributed by atoms with Crippen molar-refractivity contribution in [3.63, 3.8) is 0 Å². The highest BCUT2D eigenvalue weighted by Gasteiger charge is 2.08. The van der Waals surface area contributed by atoms with E-state index < -0.39 is 5.97 Å². The van der Waals surface area contributed by atoms with Gasteiger partial charge in [-0.2, -0.15) is 0 Å². The van der Waals surface area contributed by atoms with Crippen LogP contribution in [-0.4, -0.2) is 11.1 Å². The number of rotatable bonds is 4. The normalized spacial score (nSPS) is 10.6. The molecule has 0 aliphatic carbocycles. The SMILES string of the molecule is Cc1cc(C(=O)O)ccc1Oc1cccc(C(C)C)c1. The summed E-state index contributed by atoms with van der Waals surface area (Å²) >= 11 is 0. The molecule has 2 aromatic carbocycles. The van der Waals surface area contributed by atoms with Crippen LogP contribution in [0.5, 0.6) is 11.5 Å². The van der Waals surface area contributed by atoms with E-state index in [-0.39, 0.29) is 5.56 Å². The maximum Gasteiger partial charge on any atom is 0.335 e. The van der Waals surface area contributed by atoms with Gasteiger partial charge in [0, 0.05) is 0 Å². The zero-order valence-corrected chi connectivity index (χ0v) is 11.9. The Balaban J connectivity index is 2.26. The first-order chi connectivity index (χ1) is 9.47. The fourth-order valence-corrected chi connectivity index (χ4v) is 1.96. The number of ether oxygens (including phenoxy) is 1. The van der Waals surface area contributed by atoms with E-state index in [9.17, 15) is 4.79 Å². The van der Waals surface area contributed by atoms with Gasteiger partial charge in [0.25, 0.3) is 0 Å². The van der Waals surface area contributed by atoms with Crippen molar-refractivity contribution in [1.29, 1.82) is 0 Å². The predicted molar refractivity (Wildman–Crippen MR) is 78.7 cm³/mol. The van der Waals surface area contributed by atoms with Crippen LogP contribution in [0.4, 0.5) is 0 Å². The van der Waals surface area contributed by atoms with Gasteiger partial charge in [-0.05, 0) is 54.3 Å². The Hall–Kier alpha value is -2.29. The van der Waals surface area contributed by atoms with E-state index in [1.165, 1.54) is 5.56 Å². The Bertz CT molecular complexity index is 630. The van der Waals surface area contributed by atoms with E-state index in [1.54, 1.807) is 18.2 Å². The van der Waals surface area contributed by atoms with Gasteiger partial charge < -0.3 is 9.84 Å². The lowest BCUT2D eigenvalue weighted by atomic mass is 10.0. The van der Waals surface area contributed by atoms with E-state index in [4.69, 9.17) is 9.84 Å². The third kappa shape index (κ3) is 3.18. The molecule has 3 heteroatoms. The Morgan fingerprint density at radius 3 is 2.50 bits per heavy atom. The molecule has 3 nitrogen and oxygen atoms in total. The van der Waals surface area contributed by atoms with Crippen LogP contribution in [0.15, 0.2) is 42.5 Å². The number of hydrogen-bond donors (Lipinski definition) is 1. The van der Waals surface area contributed by atoms with Crippen LogP contribution in [0.2, 0.25) is 0 Å². The molecule has 0 saturated heterocycles. The summed E-state index contributed by atoms with van der Waals surface area (Å²) in [4.78, 5) is 10.9. The van der Waals surface area contributed by atoms with Gasteiger partial charge in [-0.3, -0.25) is 0 Å². The number of carboxylic acid groups (broad SMARTS) is 1. The molecular formula is C17H18O3. The first kappa shape index (κ1) is 14.1. The molecule has 2 aromatic rings. The Morgan fingerprint density at radius 1 is 1.15 bits per heavy atom. The molecular weight excluding hydrogens is 252 g/mol. The van der Waals surface area contributed by atoms with Crippen molar-refractivity contribution in [2.45, 2.75) is 26.7 Å². The largest absolute Gasteiger partial charge is 0.478 e. The third-order valence-corrected chi connectivity index (χ3v) is 3.17. The van der Waals surface area contributed by atoms with Crippen LogP contribution in [-0.2, 0) is 0 Å². The lowest BCUT2D eigenvalue weighted by molar-refractivity contribution is 0.0697. The summed E-state index contributed by atoms with van der Waals surface area (Å²) < 4.78 is 5.84. The summed E-state index contributed by atoms with van der Waals surface area (Å²) in [6.07, 6.45) is 0. The molecule has 0 aromatic heterocycles. The summed E-state index contributed by atoms with van der Waals surface area (Å²) in [5.41, 5.74) is 2.29. The van der Waals surface area contributed by atoms with E-state index >= 15 is 0 Å². The minimum atomic E-state index is -0.929. The van der Waals surface area contributed by atoms with Gasteiger partial charge in [-0.25, -0.2) is 4.79 Å². The second-order valence-corrected chi connectivity index (χ2v) is 5.11. The fourth-order valence-electron chi connectivity index (χ4n) is 1.96. The van der Waals surface area contributed by atoms with E-state index in [0.717, 1.165) is 11.3 Å². The standard InChI is InChI=1S/C17H18O3/c1-11(2)13-5-4-6-15(10-13)20-16-8-7-14(17(18)19)9-12(16)3/h4-11H,1-3H3,(H,18,19). The quantitative estimate of drug-likeness (QED) is 0.882. The Labute approximate surface area is 118 Å². The van der Waals surface area contributed by atoms with Crippen LogP contribution in [0.3, 0.4) is 0 Å². The average molecular weight is 270 g/mol. The van der Waals surface area contributed by atoms with Gasteiger partial charge >= 0.3 is 5.97 Å². The third-order valence-electron chi connectivity index (χ3n) is 3.17. The smallest absolute Gasteiger partial charge is 0.335 e. The summed E-state index contributed by atoms with van der Waals surface area (Å²) in [5, 5.41) is 8.95. The molecule has 2 rings (SSSR count). The number of carbonyl (C=O) groups is 1. The number of benzene rings is 2. The molecule has 0 radical (unpaired) electrons. The second kappa shape index (κ2) is 5.78. The van der Waals surface area contributed by atoms with Crippen LogP contribution in [0.1, 0.15) is 41.3 Å².